The fourth-order valence-electron chi connectivity index (χ4n) is 1.58. The number of unbranched alkanes of at least 4 members (excludes halogenated alkanes) is 6. The van der Waals surface area contributed by atoms with Crippen LogP contribution in [-0.2, 0) is 0 Å². The Balaban J connectivity index is 0.000000302. The molecule has 0 spiro atoms. The van der Waals surface area contributed by atoms with Crippen LogP contribution in [0.15, 0.2) is 24.3 Å². The number of phenolic OH excluding ortho intramolecular Hbond substituents is 1. The molecular weight excluding hydrogens is 208 g/mol. The molecule has 0 aromatic heterocycles. The average Bonchev–Trinajstić information content (AvgIpc) is 2.34. The van der Waals surface area contributed by atoms with E-state index in [1.54, 1.807) is 12.1 Å². The number of aromatic hydroxyl groups is 1. The molecular formula is C16H28O. The number of hydrogen-bond donors (Lipinski definition) is 1. The van der Waals surface area contributed by atoms with Crippen LogP contribution in [0.3, 0.4) is 0 Å². The minimum absolute atomic E-state index is 0.329. The van der Waals surface area contributed by atoms with E-state index in [4.69, 9.17) is 5.11 Å². The van der Waals surface area contributed by atoms with Gasteiger partial charge in [0.25, 0.3) is 0 Å². The molecule has 98 valence electrons. The van der Waals surface area contributed by atoms with Crippen molar-refractivity contribution in [3.05, 3.63) is 29.8 Å². The Hall–Kier alpha value is -0.980. The molecule has 0 amide bonds. The Labute approximate surface area is 107 Å². The molecule has 1 nitrogen and oxygen atoms in total. The monoisotopic (exact) mass is 236 g/mol. The Morgan fingerprint density at radius 1 is 0.765 bits per heavy atom. The van der Waals surface area contributed by atoms with E-state index in [9.17, 15) is 0 Å². The first-order valence-electron chi connectivity index (χ1n) is 6.96. The Kier molecular flexibility index (Phi) is 10.8. The smallest absolute Gasteiger partial charge is 0.115 e. The molecule has 1 rings (SSSR count). The highest BCUT2D eigenvalue weighted by atomic mass is 16.3. The van der Waals surface area contributed by atoms with Gasteiger partial charge in [0.05, 0.1) is 0 Å². The van der Waals surface area contributed by atoms with Gasteiger partial charge in [-0.2, -0.15) is 0 Å². The summed E-state index contributed by atoms with van der Waals surface area (Å²) in [6.45, 7) is 6.51. The van der Waals surface area contributed by atoms with Crippen molar-refractivity contribution in [3.63, 3.8) is 0 Å². The Morgan fingerprint density at radius 2 is 1.18 bits per heavy atom. The van der Waals surface area contributed by atoms with Gasteiger partial charge in [0.15, 0.2) is 0 Å². The lowest BCUT2D eigenvalue weighted by atomic mass is 10.1. The normalized spacial score (nSPS) is 9.59. The first kappa shape index (κ1) is 16.0. The molecule has 0 saturated carbocycles. The van der Waals surface area contributed by atoms with Crippen molar-refractivity contribution in [1.29, 1.82) is 0 Å². The summed E-state index contributed by atoms with van der Waals surface area (Å²) in [5.74, 6) is 0.329. The van der Waals surface area contributed by atoms with Gasteiger partial charge in [0, 0.05) is 0 Å². The largest absolute Gasteiger partial charge is 0.508 e. The van der Waals surface area contributed by atoms with E-state index >= 15 is 0 Å². The van der Waals surface area contributed by atoms with Crippen LogP contribution in [0.4, 0.5) is 0 Å². The summed E-state index contributed by atoms with van der Waals surface area (Å²) >= 11 is 0. The van der Waals surface area contributed by atoms with E-state index in [-0.39, 0.29) is 0 Å². The molecule has 1 aromatic rings. The van der Waals surface area contributed by atoms with Crippen molar-refractivity contribution in [1.82, 2.24) is 0 Å². The molecule has 1 aromatic carbocycles. The summed E-state index contributed by atoms with van der Waals surface area (Å²) in [5, 5.41) is 8.76. The summed E-state index contributed by atoms with van der Waals surface area (Å²) in [4.78, 5) is 0. The lowest BCUT2D eigenvalue weighted by Crippen LogP contribution is -1.76. The second kappa shape index (κ2) is 11.5. The molecule has 0 atom stereocenters. The third kappa shape index (κ3) is 11.3. The molecule has 0 aliphatic rings. The summed E-state index contributed by atoms with van der Waals surface area (Å²) in [5.41, 5.74) is 1.17. The van der Waals surface area contributed by atoms with Crippen LogP contribution in [0.25, 0.3) is 0 Å². The van der Waals surface area contributed by atoms with Crippen LogP contribution in [0.2, 0.25) is 0 Å². The summed E-state index contributed by atoms with van der Waals surface area (Å²) in [6.07, 6.45) is 9.97. The SMILES string of the molecule is CCCCCCCCC.Cc1ccc(O)cc1. The fraction of sp³-hybridized carbons (Fsp3) is 0.625. The lowest BCUT2D eigenvalue weighted by molar-refractivity contribution is 0.475. The zero-order valence-electron chi connectivity index (χ0n) is 11.7. The van der Waals surface area contributed by atoms with Crippen molar-refractivity contribution in [3.8, 4) is 5.75 Å². The van der Waals surface area contributed by atoms with Crippen LogP contribution >= 0.6 is 0 Å². The van der Waals surface area contributed by atoms with Gasteiger partial charge in [0.1, 0.15) is 5.75 Å². The summed E-state index contributed by atoms with van der Waals surface area (Å²) in [6, 6.07) is 7.09. The van der Waals surface area contributed by atoms with Gasteiger partial charge in [0.2, 0.25) is 0 Å². The first-order valence-corrected chi connectivity index (χ1v) is 6.96. The van der Waals surface area contributed by atoms with E-state index < -0.39 is 0 Å². The van der Waals surface area contributed by atoms with Crippen molar-refractivity contribution in [2.75, 3.05) is 0 Å². The van der Waals surface area contributed by atoms with Crippen molar-refractivity contribution >= 4 is 0 Å². The maximum atomic E-state index is 8.76. The Morgan fingerprint density at radius 3 is 1.53 bits per heavy atom. The zero-order chi connectivity index (χ0) is 12.9. The first-order chi connectivity index (χ1) is 8.20. The van der Waals surface area contributed by atoms with E-state index in [2.05, 4.69) is 13.8 Å². The van der Waals surface area contributed by atoms with Gasteiger partial charge >= 0.3 is 0 Å². The molecule has 0 heterocycles. The van der Waals surface area contributed by atoms with E-state index in [0.717, 1.165) is 0 Å². The molecule has 17 heavy (non-hydrogen) atoms. The summed E-state index contributed by atoms with van der Waals surface area (Å²) < 4.78 is 0. The molecule has 0 saturated heterocycles. The third-order valence-electron chi connectivity index (χ3n) is 2.74. The number of rotatable bonds is 6. The molecule has 0 radical (unpaired) electrons. The summed E-state index contributed by atoms with van der Waals surface area (Å²) in [7, 11) is 0. The van der Waals surface area contributed by atoms with Gasteiger partial charge in [-0.25, -0.2) is 0 Å². The van der Waals surface area contributed by atoms with Crippen LogP contribution in [0, 0.1) is 6.92 Å². The molecule has 1 N–H and O–H groups in total. The highest BCUT2D eigenvalue weighted by molar-refractivity contribution is 5.24. The van der Waals surface area contributed by atoms with Gasteiger partial charge < -0.3 is 5.11 Å². The van der Waals surface area contributed by atoms with E-state index in [1.165, 1.54) is 50.5 Å². The van der Waals surface area contributed by atoms with Crippen molar-refractivity contribution in [2.24, 2.45) is 0 Å². The van der Waals surface area contributed by atoms with Gasteiger partial charge in [-0.3, -0.25) is 0 Å². The highest BCUT2D eigenvalue weighted by Crippen LogP contribution is 2.07. The molecule has 1 heteroatoms. The topological polar surface area (TPSA) is 20.2 Å². The predicted octanol–water partition coefficient (Wildman–Crippen LogP) is 5.46. The zero-order valence-corrected chi connectivity index (χ0v) is 11.7. The van der Waals surface area contributed by atoms with Crippen LogP contribution in [0.5, 0.6) is 5.75 Å². The maximum Gasteiger partial charge on any atom is 0.115 e. The quantitative estimate of drug-likeness (QED) is 0.650. The van der Waals surface area contributed by atoms with Gasteiger partial charge in [-0.05, 0) is 19.1 Å². The average molecular weight is 236 g/mol. The third-order valence-corrected chi connectivity index (χ3v) is 2.74. The van der Waals surface area contributed by atoms with E-state index in [1.807, 2.05) is 19.1 Å². The highest BCUT2D eigenvalue weighted by Gasteiger charge is 1.85. The Bertz CT molecular complexity index is 224. The predicted molar refractivity (Wildman–Crippen MR) is 76.5 cm³/mol. The van der Waals surface area contributed by atoms with E-state index in [0.29, 0.717) is 5.75 Å². The van der Waals surface area contributed by atoms with Gasteiger partial charge in [-0.15, -0.1) is 0 Å². The van der Waals surface area contributed by atoms with Crippen LogP contribution in [0.1, 0.15) is 64.4 Å². The number of phenols is 1. The number of hydrogen-bond acceptors (Lipinski definition) is 1. The molecule has 0 unspecified atom stereocenters. The minimum atomic E-state index is 0.329. The van der Waals surface area contributed by atoms with Crippen molar-refractivity contribution in [2.45, 2.75) is 65.7 Å². The number of benzene rings is 1. The van der Waals surface area contributed by atoms with Crippen molar-refractivity contribution < 1.29 is 5.11 Å². The lowest BCUT2D eigenvalue weighted by Gasteiger charge is -1.96. The second-order valence-electron chi connectivity index (χ2n) is 4.60. The van der Waals surface area contributed by atoms with Gasteiger partial charge in [-0.1, -0.05) is 76.5 Å². The second-order valence-corrected chi connectivity index (χ2v) is 4.60. The molecule has 0 aliphatic carbocycles. The minimum Gasteiger partial charge on any atom is -0.508 e. The van der Waals surface area contributed by atoms with Crippen LogP contribution in [-0.4, -0.2) is 5.11 Å². The standard InChI is InChI=1S/C9H20.C7H8O/c1-3-5-7-9-8-6-4-2;1-6-2-4-7(8)5-3-6/h3-9H2,1-2H3;2-5,8H,1H3. The number of aryl methyl sites for hydroxylation is 1. The molecule has 0 fully saturated rings. The van der Waals surface area contributed by atoms with Crippen LogP contribution < -0.4 is 0 Å². The molecule has 0 aliphatic heterocycles. The molecule has 0 bridgehead atoms. The maximum absolute atomic E-state index is 8.76. The fourth-order valence-corrected chi connectivity index (χ4v) is 1.58.